The number of hydrogen-bond acceptors (Lipinski definition) is 4. The quantitative estimate of drug-likeness (QED) is 0.801. The minimum absolute atomic E-state index is 0.137. The first-order valence-electron chi connectivity index (χ1n) is 9.81. The first-order valence-corrected chi connectivity index (χ1v) is 9.81. The highest BCUT2D eigenvalue weighted by Gasteiger charge is 2.31. The van der Waals surface area contributed by atoms with Gasteiger partial charge in [-0.3, -0.25) is 9.59 Å². The zero-order valence-corrected chi connectivity index (χ0v) is 16.0. The third kappa shape index (κ3) is 4.61. The molecule has 6 nitrogen and oxygen atoms in total. The molecule has 1 fully saturated rings. The summed E-state index contributed by atoms with van der Waals surface area (Å²) in [6.07, 6.45) is 5.23. The van der Waals surface area contributed by atoms with Crippen LogP contribution in [0.1, 0.15) is 55.1 Å². The first kappa shape index (κ1) is 19.7. The smallest absolute Gasteiger partial charge is 0.287 e. The molecule has 0 spiro atoms. The summed E-state index contributed by atoms with van der Waals surface area (Å²) < 4.78 is 5.71. The van der Waals surface area contributed by atoms with Crippen molar-refractivity contribution in [3.8, 4) is 17.4 Å². The molecule has 2 N–H and O–H groups in total. The van der Waals surface area contributed by atoms with Gasteiger partial charge in [0.25, 0.3) is 5.91 Å². The molecule has 146 valence electrons. The van der Waals surface area contributed by atoms with Gasteiger partial charge in [-0.05, 0) is 62.1 Å². The van der Waals surface area contributed by atoms with E-state index in [2.05, 4.69) is 16.7 Å². The van der Waals surface area contributed by atoms with Crippen LogP contribution in [0, 0.1) is 17.2 Å². The van der Waals surface area contributed by atoms with E-state index in [1.807, 2.05) is 6.92 Å². The van der Waals surface area contributed by atoms with Crippen molar-refractivity contribution in [3.63, 3.8) is 0 Å². The van der Waals surface area contributed by atoms with Crippen LogP contribution in [0.4, 0.5) is 0 Å². The number of amides is 2. The first-order chi connectivity index (χ1) is 13.6. The molecule has 2 aromatic rings. The second-order valence-electron chi connectivity index (χ2n) is 7.10. The molecule has 1 atom stereocenters. The molecule has 1 heterocycles. The van der Waals surface area contributed by atoms with Gasteiger partial charge in [0.2, 0.25) is 5.91 Å². The maximum Gasteiger partial charge on any atom is 0.287 e. The van der Waals surface area contributed by atoms with Gasteiger partial charge in [-0.25, -0.2) is 0 Å². The number of nitrogens with one attached hydrogen (secondary N) is 2. The molecular formula is C22H25N3O3. The second-order valence-corrected chi connectivity index (χ2v) is 7.10. The van der Waals surface area contributed by atoms with Gasteiger partial charge in [-0.15, -0.1) is 0 Å². The number of carbonyl (C=O) groups is 2. The average molecular weight is 379 g/mol. The summed E-state index contributed by atoms with van der Waals surface area (Å²) >= 11 is 0. The van der Waals surface area contributed by atoms with Gasteiger partial charge in [0.15, 0.2) is 5.76 Å². The Balaban J connectivity index is 1.73. The van der Waals surface area contributed by atoms with E-state index in [1.54, 1.807) is 36.4 Å². The van der Waals surface area contributed by atoms with Crippen molar-refractivity contribution >= 4 is 11.8 Å². The molecule has 1 aliphatic rings. The van der Waals surface area contributed by atoms with E-state index >= 15 is 0 Å². The van der Waals surface area contributed by atoms with Crippen LogP contribution in [0.3, 0.4) is 0 Å². The second kappa shape index (κ2) is 9.23. The number of furan rings is 1. The molecule has 0 aliphatic heterocycles. The standard InChI is InChI=1S/C22H25N3O3/c1-2-24-22(27)20(17-6-4-3-5-7-17)25-21(26)19-13-12-18(28-19)16-10-8-15(14-23)9-11-16/h8-13,17,20H,2-7H2,1H3,(H,24,27)(H,25,26). The van der Waals surface area contributed by atoms with Crippen molar-refractivity contribution < 1.29 is 14.0 Å². The molecule has 1 aliphatic carbocycles. The van der Waals surface area contributed by atoms with E-state index in [0.29, 0.717) is 17.9 Å². The molecule has 0 saturated heterocycles. The minimum Gasteiger partial charge on any atom is -0.451 e. The molecular weight excluding hydrogens is 354 g/mol. The molecule has 28 heavy (non-hydrogen) atoms. The van der Waals surface area contributed by atoms with Crippen molar-refractivity contribution in [2.24, 2.45) is 5.92 Å². The molecule has 3 rings (SSSR count). The highest BCUT2D eigenvalue weighted by atomic mass is 16.3. The number of likely N-dealkylation sites (N-methyl/N-ethyl adjacent to an activating group) is 1. The van der Waals surface area contributed by atoms with E-state index in [9.17, 15) is 9.59 Å². The number of hydrogen-bond donors (Lipinski definition) is 2. The Morgan fingerprint density at radius 3 is 2.50 bits per heavy atom. The van der Waals surface area contributed by atoms with Gasteiger partial charge >= 0.3 is 0 Å². The molecule has 1 aromatic carbocycles. The van der Waals surface area contributed by atoms with E-state index in [0.717, 1.165) is 31.2 Å². The predicted octanol–water partition coefficient (Wildman–Crippen LogP) is 3.63. The van der Waals surface area contributed by atoms with Crippen LogP contribution in [0.15, 0.2) is 40.8 Å². The number of nitrogens with zero attached hydrogens (tertiary/aromatic N) is 1. The zero-order chi connectivity index (χ0) is 19.9. The van der Waals surface area contributed by atoms with Crippen molar-refractivity contribution in [3.05, 3.63) is 47.7 Å². The molecule has 0 bridgehead atoms. The molecule has 1 aromatic heterocycles. The Labute approximate surface area is 164 Å². The van der Waals surface area contributed by atoms with Crippen LogP contribution in [-0.4, -0.2) is 24.4 Å². The maximum atomic E-state index is 12.7. The molecule has 6 heteroatoms. The monoisotopic (exact) mass is 379 g/mol. The predicted molar refractivity (Wildman–Crippen MR) is 105 cm³/mol. The minimum atomic E-state index is -0.545. The average Bonchev–Trinajstić information content (AvgIpc) is 3.23. The van der Waals surface area contributed by atoms with Gasteiger partial charge in [-0.2, -0.15) is 5.26 Å². The lowest BCUT2D eigenvalue weighted by Crippen LogP contribution is -2.51. The number of nitriles is 1. The fourth-order valence-corrected chi connectivity index (χ4v) is 3.69. The van der Waals surface area contributed by atoms with Gasteiger partial charge < -0.3 is 15.1 Å². The summed E-state index contributed by atoms with van der Waals surface area (Å²) in [5, 5.41) is 14.6. The van der Waals surface area contributed by atoms with Gasteiger partial charge in [0.05, 0.1) is 11.6 Å². The third-order valence-electron chi connectivity index (χ3n) is 5.17. The van der Waals surface area contributed by atoms with Crippen LogP contribution in [0.25, 0.3) is 11.3 Å². The lowest BCUT2D eigenvalue weighted by molar-refractivity contribution is -0.124. The highest BCUT2D eigenvalue weighted by Crippen LogP contribution is 2.27. The van der Waals surface area contributed by atoms with E-state index in [-0.39, 0.29) is 23.5 Å². The van der Waals surface area contributed by atoms with Crippen molar-refractivity contribution in [2.75, 3.05) is 6.54 Å². The third-order valence-corrected chi connectivity index (χ3v) is 5.17. The lowest BCUT2D eigenvalue weighted by Gasteiger charge is -2.29. The normalized spacial score (nSPS) is 15.4. The molecule has 0 radical (unpaired) electrons. The van der Waals surface area contributed by atoms with E-state index < -0.39 is 6.04 Å². The molecule has 1 unspecified atom stereocenters. The lowest BCUT2D eigenvalue weighted by atomic mass is 9.83. The van der Waals surface area contributed by atoms with Crippen molar-refractivity contribution in [1.29, 1.82) is 5.26 Å². The summed E-state index contributed by atoms with van der Waals surface area (Å²) in [6, 6.07) is 11.8. The molecule has 2 amide bonds. The Kier molecular flexibility index (Phi) is 6.49. The maximum absolute atomic E-state index is 12.7. The van der Waals surface area contributed by atoms with Crippen molar-refractivity contribution in [1.82, 2.24) is 10.6 Å². The van der Waals surface area contributed by atoms with Gasteiger partial charge in [0, 0.05) is 12.1 Å². The summed E-state index contributed by atoms with van der Waals surface area (Å²) in [6.45, 7) is 2.40. The Morgan fingerprint density at radius 2 is 1.86 bits per heavy atom. The summed E-state index contributed by atoms with van der Waals surface area (Å²) in [5.41, 5.74) is 1.34. The largest absolute Gasteiger partial charge is 0.451 e. The number of carbonyl (C=O) groups excluding carboxylic acids is 2. The van der Waals surface area contributed by atoms with Crippen molar-refractivity contribution in [2.45, 2.75) is 45.1 Å². The van der Waals surface area contributed by atoms with Crippen LogP contribution in [0.5, 0.6) is 0 Å². The van der Waals surface area contributed by atoms with Gasteiger partial charge in [0.1, 0.15) is 11.8 Å². The summed E-state index contributed by atoms with van der Waals surface area (Å²) in [4.78, 5) is 25.2. The van der Waals surface area contributed by atoms with Crippen LogP contribution in [0.2, 0.25) is 0 Å². The Hall–Kier alpha value is -3.07. The SMILES string of the molecule is CCNC(=O)C(NC(=O)c1ccc(-c2ccc(C#N)cc2)o1)C1CCCCC1. The zero-order valence-electron chi connectivity index (χ0n) is 16.0. The molecule has 1 saturated carbocycles. The fraction of sp³-hybridized carbons (Fsp3) is 0.409. The summed E-state index contributed by atoms with van der Waals surface area (Å²) in [7, 11) is 0. The van der Waals surface area contributed by atoms with E-state index in [4.69, 9.17) is 9.68 Å². The number of benzene rings is 1. The van der Waals surface area contributed by atoms with Crippen LogP contribution in [-0.2, 0) is 4.79 Å². The highest BCUT2D eigenvalue weighted by molar-refractivity contribution is 5.96. The fourth-order valence-electron chi connectivity index (χ4n) is 3.69. The van der Waals surface area contributed by atoms with Crippen LogP contribution >= 0.6 is 0 Å². The Bertz CT molecular complexity index is 858. The van der Waals surface area contributed by atoms with E-state index in [1.165, 1.54) is 6.42 Å². The summed E-state index contributed by atoms with van der Waals surface area (Å²) in [5.74, 6) is 0.340. The van der Waals surface area contributed by atoms with Gasteiger partial charge in [-0.1, -0.05) is 19.3 Å². The topological polar surface area (TPSA) is 95.1 Å². The number of rotatable bonds is 6. The Morgan fingerprint density at radius 1 is 1.14 bits per heavy atom. The van der Waals surface area contributed by atoms with Crippen LogP contribution < -0.4 is 10.6 Å².